The Kier molecular flexibility index (Phi) is 7.11. The first-order chi connectivity index (χ1) is 12.5. The molecule has 2 aromatic rings. The van der Waals surface area contributed by atoms with E-state index in [0.717, 1.165) is 5.56 Å². The van der Waals surface area contributed by atoms with E-state index in [0.29, 0.717) is 22.9 Å². The number of guanidine groups is 1. The molecule has 2 rings (SSSR count). The highest BCUT2D eigenvalue weighted by Gasteiger charge is 2.07. The molecular formula is C19H25N3O4. The molecular weight excluding hydrogens is 334 g/mol. The van der Waals surface area contributed by atoms with Gasteiger partial charge in [0.15, 0.2) is 17.5 Å². The second-order valence-corrected chi connectivity index (χ2v) is 5.70. The van der Waals surface area contributed by atoms with Crippen LogP contribution >= 0.6 is 0 Å². The van der Waals surface area contributed by atoms with Crippen molar-refractivity contribution in [3.8, 4) is 17.2 Å². The number of nitrogens with two attached hydrogens (primary N) is 1. The molecule has 0 aromatic heterocycles. The van der Waals surface area contributed by atoms with Gasteiger partial charge >= 0.3 is 0 Å². The Bertz CT molecular complexity index is 749. The molecule has 0 bridgehead atoms. The Hall–Kier alpha value is -2.93. The van der Waals surface area contributed by atoms with Crippen molar-refractivity contribution < 1.29 is 19.3 Å². The number of anilines is 1. The van der Waals surface area contributed by atoms with Gasteiger partial charge in [0.25, 0.3) is 0 Å². The molecule has 0 aliphatic heterocycles. The highest BCUT2D eigenvalue weighted by atomic mass is 16.5. The number of rotatable bonds is 8. The summed E-state index contributed by atoms with van der Waals surface area (Å²) < 4.78 is 16.0. The van der Waals surface area contributed by atoms with Gasteiger partial charge in [0.2, 0.25) is 0 Å². The average Bonchev–Trinajstić information content (AvgIpc) is 2.64. The van der Waals surface area contributed by atoms with E-state index in [1.165, 1.54) is 0 Å². The van der Waals surface area contributed by atoms with Gasteiger partial charge in [-0.25, -0.2) is 0 Å². The summed E-state index contributed by atoms with van der Waals surface area (Å²) in [5, 5.41) is 12.9. The number of benzene rings is 2. The molecule has 140 valence electrons. The van der Waals surface area contributed by atoms with Gasteiger partial charge < -0.3 is 30.4 Å². The summed E-state index contributed by atoms with van der Waals surface area (Å²) in [7, 11) is 3.13. The smallest absolute Gasteiger partial charge is 0.193 e. The van der Waals surface area contributed by atoms with Crippen LogP contribution in [0.25, 0.3) is 0 Å². The van der Waals surface area contributed by atoms with Crippen LogP contribution in [0.5, 0.6) is 17.2 Å². The molecule has 0 radical (unpaired) electrons. The highest BCUT2D eigenvalue weighted by Crippen LogP contribution is 2.29. The van der Waals surface area contributed by atoms with Crippen molar-refractivity contribution in [2.24, 2.45) is 10.7 Å². The summed E-state index contributed by atoms with van der Waals surface area (Å²) in [5.41, 5.74) is 7.66. The number of ether oxygens (including phenoxy) is 3. The van der Waals surface area contributed by atoms with Crippen LogP contribution in [0.2, 0.25) is 0 Å². The van der Waals surface area contributed by atoms with Gasteiger partial charge in [-0.3, -0.25) is 4.99 Å². The van der Waals surface area contributed by atoms with Crippen LogP contribution in [-0.2, 0) is 0 Å². The Morgan fingerprint density at radius 2 is 1.92 bits per heavy atom. The standard InChI is InChI=1S/C19H25N3O4/c1-13-5-4-6-16(9-13)26-12-15(23)11-21-19(20)22-14-7-8-17(24-2)18(10-14)25-3/h4-10,15,23H,11-12H2,1-3H3,(H3,20,21,22). The number of nitrogens with one attached hydrogen (secondary N) is 1. The van der Waals surface area contributed by atoms with Crippen LogP contribution in [0.15, 0.2) is 47.5 Å². The monoisotopic (exact) mass is 359 g/mol. The van der Waals surface area contributed by atoms with E-state index in [-0.39, 0.29) is 19.1 Å². The molecule has 1 atom stereocenters. The summed E-state index contributed by atoms with van der Waals surface area (Å²) in [6, 6.07) is 12.9. The molecule has 2 aromatic carbocycles. The van der Waals surface area contributed by atoms with Gasteiger partial charge in [0.1, 0.15) is 18.5 Å². The van der Waals surface area contributed by atoms with Gasteiger partial charge in [-0.05, 0) is 36.8 Å². The number of hydrogen-bond donors (Lipinski definition) is 3. The summed E-state index contributed by atoms with van der Waals surface area (Å²) >= 11 is 0. The zero-order valence-corrected chi connectivity index (χ0v) is 15.2. The van der Waals surface area contributed by atoms with Crippen molar-refractivity contribution in [3.63, 3.8) is 0 Å². The number of nitrogens with zero attached hydrogens (tertiary/aromatic N) is 1. The van der Waals surface area contributed by atoms with E-state index in [9.17, 15) is 5.11 Å². The third-order valence-electron chi connectivity index (χ3n) is 3.56. The third-order valence-corrected chi connectivity index (χ3v) is 3.56. The third kappa shape index (κ3) is 5.86. The molecule has 0 spiro atoms. The van der Waals surface area contributed by atoms with E-state index < -0.39 is 6.10 Å². The van der Waals surface area contributed by atoms with Crippen LogP contribution in [0.4, 0.5) is 5.69 Å². The molecule has 0 heterocycles. The molecule has 7 nitrogen and oxygen atoms in total. The fourth-order valence-corrected chi connectivity index (χ4v) is 2.26. The molecule has 0 saturated carbocycles. The summed E-state index contributed by atoms with van der Waals surface area (Å²) in [6.45, 7) is 2.24. The molecule has 7 heteroatoms. The first-order valence-electron chi connectivity index (χ1n) is 8.18. The fraction of sp³-hybridized carbons (Fsp3) is 0.316. The second-order valence-electron chi connectivity index (χ2n) is 5.70. The largest absolute Gasteiger partial charge is 0.493 e. The SMILES string of the molecule is COc1ccc(NC(N)=NCC(O)COc2cccc(C)c2)cc1OC. The lowest BCUT2D eigenvalue weighted by atomic mass is 10.2. The summed E-state index contributed by atoms with van der Waals surface area (Å²) in [4.78, 5) is 4.13. The lowest BCUT2D eigenvalue weighted by Crippen LogP contribution is -2.27. The van der Waals surface area contributed by atoms with Gasteiger partial charge in [-0.15, -0.1) is 0 Å². The molecule has 0 aliphatic carbocycles. The van der Waals surface area contributed by atoms with Gasteiger partial charge in [-0.1, -0.05) is 12.1 Å². The maximum atomic E-state index is 9.99. The maximum absolute atomic E-state index is 9.99. The van der Waals surface area contributed by atoms with Crippen molar-refractivity contribution in [2.75, 3.05) is 32.7 Å². The lowest BCUT2D eigenvalue weighted by molar-refractivity contribution is 0.114. The zero-order valence-electron chi connectivity index (χ0n) is 15.2. The predicted octanol–water partition coefficient (Wildman–Crippen LogP) is 2.18. The van der Waals surface area contributed by atoms with Crippen molar-refractivity contribution in [3.05, 3.63) is 48.0 Å². The van der Waals surface area contributed by atoms with Crippen molar-refractivity contribution >= 4 is 11.6 Å². The number of aryl methyl sites for hydroxylation is 1. The Morgan fingerprint density at radius 1 is 1.15 bits per heavy atom. The molecule has 0 saturated heterocycles. The number of aliphatic imine (C=N–C) groups is 1. The van der Waals surface area contributed by atoms with E-state index in [1.54, 1.807) is 32.4 Å². The van der Waals surface area contributed by atoms with Crippen molar-refractivity contribution in [1.82, 2.24) is 0 Å². The first kappa shape index (κ1) is 19.4. The maximum Gasteiger partial charge on any atom is 0.193 e. The van der Waals surface area contributed by atoms with Crippen LogP contribution in [0.1, 0.15) is 5.56 Å². The molecule has 0 fully saturated rings. The Labute approximate surface area is 153 Å². The summed E-state index contributed by atoms with van der Waals surface area (Å²) in [5.74, 6) is 2.10. The first-order valence-corrected chi connectivity index (χ1v) is 8.18. The van der Waals surface area contributed by atoms with Crippen LogP contribution in [0.3, 0.4) is 0 Å². The number of hydrogen-bond acceptors (Lipinski definition) is 5. The van der Waals surface area contributed by atoms with Crippen LogP contribution in [0, 0.1) is 6.92 Å². The van der Waals surface area contributed by atoms with Gasteiger partial charge in [-0.2, -0.15) is 0 Å². The predicted molar refractivity (Wildman–Crippen MR) is 102 cm³/mol. The van der Waals surface area contributed by atoms with Crippen molar-refractivity contribution in [1.29, 1.82) is 0 Å². The summed E-state index contributed by atoms with van der Waals surface area (Å²) in [6.07, 6.45) is -0.763. The topological polar surface area (TPSA) is 98.3 Å². The minimum atomic E-state index is -0.763. The molecule has 4 N–H and O–H groups in total. The van der Waals surface area contributed by atoms with E-state index in [1.807, 2.05) is 31.2 Å². The van der Waals surface area contributed by atoms with Crippen molar-refractivity contribution in [2.45, 2.75) is 13.0 Å². The van der Waals surface area contributed by atoms with E-state index in [2.05, 4.69) is 10.3 Å². The minimum absolute atomic E-state index is 0.123. The van der Waals surface area contributed by atoms with Gasteiger partial charge in [0.05, 0.1) is 20.8 Å². The normalized spacial score (nSPS) is 12.4. The highest BCUT2D eigenvalue weighted by molar-refractivity contribution is 5.92. The molecule has 26 heavy (non-hydrogen) atoms. The van der Waals surface area contributed by atoms with Crippen LogP contribution in [-0.4, -0.2) is 44.5 Å². The number of methoxy groups -OCH3 is 2. The minimum Gasteiger partial charge on any atom is -0.493 e. The van der Waals surface area contributed by atoms with Gasteiger partial charge in [0, 0.05) is 11.8 Å². The number of aliphatic hydroxyl groups excluding tert-OH is 1. The quantitative estimate of drug-likeness (QED) is 0.494. The molecule has 0 aliphatic rings. The average molecular weight is 359 g/mol. The Balaban J connectivity index is 1.85. The molecule has 0 amide bonds. The Morgan fingerprint density at radius 3 is 2.62 bits per heavy atom. The number of aliphatic hydroxyl groups is 1. The zero-order chi connectivity index (χ0) is 18.9. The molecule has 1 unspecified atom stereocenters. The lowest BCUT2D eigenvalue weighted by Gasteiger charge is -2.13. The fourth-order valence-electron chi connectivity index (χ4n) is 2.26. The second kappa shape index (κ2) is 9.53. The van der Waals surface area contributed by atoms with E-state index in [4.69, 9.17) is 19.9 Å². The van der Waals surface area contributed by atoms with Crippen LogP contribution < -0.4 is 25.3 Å². The van der Waals surface area contributed by atoms with E-state index >= 15 is 0 Å².